The van der Waals surface area contributed by atoms with Crippen molar-refractivity contribution in [3.63, 3.8) is 0 Å². The number of hydrogen-bond donors (Lipinski definition) is 1. The van der Waals surface area contributed by atoms with E-state index in [1.807, 2.05) is 18.2 Å². The Balaban J connectivity index is 2.93. The molecule has 0 heterocycles. The topological polar surface area (TPSA) is 29.3 Å². The molecule has 1 aromatic rings. The Morgan fingerprint density at radius 1 is 1.53 bits per heavy atom. The lowest BCUT2D eigenvalue weighted by Gasteiger charge is -2.28. The monoisotopic (exact) mass is 276 g/mol. The zero-order valence-corrected chi connectivity index (χ0v) is 11.7. The first-order valence-corrected chi connectivity index (χ1v) is 7.22. The van der Waals surface area contributed by atoms with Gasteiger partial charge in [0.15, 0.2) is 0 Å². The minimum Gasteiger partial charge on any atom is -0.329 e. The van der Waals surface area contributed by atoms with Gasteiger partial charge in [0.05, 0.1) is 6.04 Å². The average molecular weight is 277 g/mol. The zero-order valence-electron chi connectivity index (χ0n) is 10.1. The van der Waals surface area contributed by atoms with Crippen LogP contribution in [0, 0.1) is 5.82 Å². The summed E-state index contributed by atoms with van der Waals surface area (Å²) in [6.07, 6.45) is 2.04. The Labute approximate surface area is 111 Å². The fourth-order valence-corrected chi connectivity index (χ4v) is 2.50. The quantitative estimate of drug-likeness (QED) is 0.866. The molecule has 0 saturated heterocycles. The smallest absolute Gasteiger partial charge is 0.129 e. The van der Waals surface area contributed by atoms with E-state index < -0.39 is 0 Å². The van der Waals surface area contributed by atoms with Crippen LogP contribution in [0.2, 0.25) is 5.02 Å². The summed E-state index contributed by atoms with van der Waals surface area (Å²) in [5.74, 6) is 0.697. The number of benzene rings is 1. The lowest BCUT2D eigenvalue weighted by atomic mass is 10.1. The fourth-order valence-electron chi connectivity index (χ4n) is 1.74. The third kappa shape index (κ3) is 3.85. The maximum atomic E-state index is 13.8. The summed E-state index contributed by atoms with van der Waals surface area (Å²) in [7, 11) is 1.94. The Kier molecular flexibility index (Phi) is 6.27. The minimum atomic E-state index is -0.288. The summed E-state index contributed by atoms with van der Waals surface area (Å²) in [6, 6.07) is 4.56. The molecule has 0 aromatic heterocycles. The SMILES string of the molecule is CSCCN(C)C(CN)c1c(F)cccc1Cl. The molecule has 1 aromatic carbocycles. The molecular formula is C12H18ClFN2S. The molecule has 0 fully saturated rings. The molecular weight excluding hydrogens is 259 g/mol. The summed E-state index contributed by atoms with van der Waals surface area (Å²) in [5, 5.41) is 0.441. The van der Waals surface area contributed by atoms with Crippen molar-refractivity contribution in [1.82, 2.24) is 4.90 Å². The molecule has 2 N–H and O–H groups in total. The van der Waals surface area contributed by atoms with Gasteiger partial charge in [-0.05, 0) is 25.4 Å². The van der Waals surface area contributed by atoms with Crippen molar-refractivity contribution in [2.75, 3.05) is 32.1 Å². The molecule has 17 heavy (non-hydrogen) atoms. The van der Waals surface area contributed by atoms with Crippen LogP contribution in [0.25, 0.3) is 0 Å². The van der Waals surface area contributed by atoms with Gasteiger partial charge in [0.2, 0.25) is 0 Å². The highest BCUT2D eigenvalue weighted by Crippen LogP contribution is 2.28. The fraction of sp³-hybridized carbons (Fsp3) is 0.500. The molecule has 0 aliphatic rings. The molecule has 0 radical (unpaired) electrons. The summed E-state index contributed by atoms with van der Waals surface area (Å²) in [5.41, 5.74) is 6.24. The van der Waals surface area contributed by atoms with E-state index in [2.05, 4.69) is 0 Å². The molecule has 0 saturated carbocycles. The van der Waals surface area contributed by atoms with E-state index in [1.165, 1.54) is 6.07 Å². The van der Waals surface area contributed by atoms with E-state index in [4.69, 9.17) is 17.3 Å². The van der Waals surface area contributed by atoms with Crippen molar-refractivity contribution >= 4 is 23.4 Å². The highest BCUT2D eigenvalue weighted by Gasteiger charge is 2.21. The van der Waals surface area contributed by atoms with Gasteiger partial charge in [-0.2, -0.15) is 11.8 Å². The minimum absolute atomic E-state index is 0.171. The highest BCUT2D eigenvalue weighted by molar-refractivity contribution is 7.98. The van der Waals surface area contributed by atoms with Crippen LogP contribution >= 0.6 is 23.4 Å². The van der Waals surface area contributed by atoms with Gasteiger partial charge in [-0.1, -0.05) is 17.7 Å². The molecule has 0 bridgehead atoms. The predicted octanol–water partition coefficient (Wildman–Crippen LogP) is 2.77. The third-order valence-electron chi connectivity index (χ3n) is 2.74. The summed E-state index contributed by atoms with van der Waals surface area (Å²) in [6.45, 7) is 1.21. The van der Waals surface area contributed by atoms with Crippen LogP contribution in [-0.4, -0.2) is 37.0 Å². The van der Waals surface area contributed by atoms with Gasteiger partial charge in [-0.25, -0.2) is 4.39 Å². The second kappa shape index (κ2) is 7.21. The normalized spacial score (nSPS) is 13.1. The number of nitrogens with zero attached hydrogens (tertiary/aromatic N) is 1. The number of rotatable bonds is 6. The van der Waals surface area contributed by atoms with Crippen LogP contribution < -0.4 is 5.73 Å². The van der Waals surface area contributed by atoms with Gasteiger partial charge in [-0.3, -0.25) is 4.90 Å². The Morgan fingerprint density at radius 3 is 2.76 bits per heavy atom. The number of halogens is 2. The number of hydrogen-bond acceptors (Lipinski definition) is 3. The van der Waals surface area contributed by atoms with Crippen LogP contribution in [0.5, 0.6) is 0 Å². The summed E-state index contributed by atoms with van der Waals surface area (Å²) in [4.78, 5) is 2.04. The van der Waals surface area contributed by atoms with Crippen LogP contribution in [0.15, 0.2) is 18.2 Å². The standard InChI is InChI=1S/C12H18ClFN2S/c1-16(6-7-17-2)11(8-15)12-9(13)4-3-5-10(12)14/h3-5,11H,6-8,15H2,1-2H3. The lowest BCUT2D eigenvalue weighted by molar-refractivity contribution is 0.260. The van der Waals surface area contributed by atoms with Gasteiger partial charge in [-0.15, -0.1) is 0 Å². The molecule has 0 amide bonds. The van der Waals surface area contributed by atoms with Gasteiger partial charge < -0.3 is 5.73 Å². The van der Waals surface area contributed by atoms with Gasteiger partial charge >= 0.3 is 0 Å². The Bertz CT molecular complexity index is 342. The van der Waals surface area contributed by atoms with Gasteiger partial charge in [0, 0.05) is 29.4 Å². The van der Waals surface area contributed by atoms with E-state index in [-0.39, 0.29) is 11.9 Å². The Morgan fingerprint density at radius 2 is 2.24 bits per heavy atom. The molecule has 96 valence electrons. The molecule has 5 heteroatoms. The second-order valence-electron chi connectivity index (χ2n) is 3.86. The molecule has 0 spiro atoms. The molecule has 1 rings (SSSR count). The maximum absolute atomic E-state index is 13.8. The molecule has 0 aliphatic carbocycles. The van der Waals surface area contributed by atoms with Crippen LogP contribution in [0.1, 0.15) is 11.6 Å². The molecule has 1 unspecified atom stereocenters. The zero-order chi connectivity index (χ0) is 12.8. The first kappa shape index (κ1) is 14.8. The lowest BCUT2D eigenvalue weighted by Crippen LogP contribution is -2.33. The number of nitrogens with two attached hydrogens (primary N) is 1. The van der Waals surface area contributed by atoms with Crippen LogP contribution in [0.4, 0.5) is 4.39 Å². The number of likely N-dealkylation sites (N-methyl/N-ethyl adjacent to an activating group) is 1. The van der Waals surface area contributed by atoms with Gasteiger partial charge in [0.25, 0.3) is 0 Å². The van der Waals surface area contributed by atoms with E-state index in [9.17, 15) is 4.39 Å². The van der Waals surface area contributed by atoms with Crippen molar-refractivity contribution in [2.45, 2.75) is 6.04 Å². The summed E-state index contributed by atoms with van der Waals surface area (Å²) >= 11 is 7.81. The van der Waals surface area contributed by atoms with Crippen LogP contribution in [0.3, 0.4) is 0 Å². The largest absolute Gasteiger partial charge is 0.329 e. The average Bonchev–Trinajstić information content (AvgIpc) is 2.31. The van der Waals surface area contributed by atoms with Crippen molar-refractivity contribution in [3.8, 4) is 0 Å². The first-order valence-electron chi connectivity index (χ1n) is 5.45. The molecule has 1 atom stereocenters. The number of thioether (sulfide) groups is 1. The first-order chi connectivity index (χ1) is 8.11. The van der Waals surface area contributed by atoms with E-state index in [1.54, 1.807) is 23.9 Å². The third-order valence-corrected chi connectivity index (χ3v) is 3.66. The highest BCUT2D eigenvalue weighted by atomic mass is 35.5. The van der Waals surface area contributed by atoms with E-state index >= 15 is 0 Å². The van der Waals surface area contributed by atoms with Crippen molar-refractivity contribution < 1.29 is 4.39 Å². The van der Waals surface area contributed by atoms with Crippen molar-refractivity contribution in [2.24, 2.45) is 5.73 Å². The predicted molar refractivity (Wildman–Crippen MR) is 74.2 cm³/mol. The molecule has 2 nitrogen and oxygen atoms in total. The summed E-state index contributed by atoms with van der Waals surface area (Å²) < 4.78 is 13.8. The van der Waals surface area contributed by atoms with Crippen molar-refractivity contribution in [1.29, 1.82) is 0 Å². The second-order valence-corrected chi connectivity index (χ2v) is 5.25. The van der Waals surface area contributed by atoms with Crippen molar-refractivity contribution in [3.05, 3.63) is 34.6 Å². The van der Waals surface area contributed by atoms with E-state index in [0.717, 1.165) is 12.3 Å². The molecule has 0 aliphatic heterocycles. The van der Waals surface area contributed by atoms with Crippen LogP contribution in [-0.2, 0) is 0 Å². The van der Waals surface area contributed by atoms with Gasteiger partial charge in [0.1, 0.15) is 5.82 Å². The van der Waals surface area contributed by atoms with E-state index in [0.29, 0.717) is 17.1 Å². The Hall–Kier alpha value is -0.290. The maximum Gasteiger partial charge on any atom is 0.129 e.